The minimum atomic E-state index is -0.548. The molecule has 0 atom stereocenters. The van der Waals surface area contributed by atoms with Crippen LogP contribution in [0.4, 0.5) is 0 Å². The molecule has 1 aromatic heterocycles. The lowest BCUT2D eigenvalue weighted by Gasteiger charge is -2.09. The highest BCUT2D eigenvalue weighted by molar-refractivity contribution is 6.35. The normalized spacial score (nSPS) is 10.4. The molecule has 30 heavy (non-hydrogen) atoms. The van der Waals surface area contributed by atoms with Crippen LogP contribution in [0, 0.1) is 0 Å². The average molecular weight is 457 g/mol. The van der Waals surface area contributed by atoms with Gasteiger partial charge in [0.25, 0.3) is 5.91 Å². The first-order chi connectivity index (χ1) is 14.3. The molecule has 0 spiro atoms. The SMILES string of the molecule is CCOC(=O)CCc1cc(OCC(=O)NNC(C)=O)nn1Cc1ccc(Cl)cc1Cl. The van der Waals surface area contributed by atoms with E-state index in [0.29, 0.717) is 35.3 Å². The van der Waals surface area contributed by atoms with E-state index in [1.807, 2.05) is 0 Å². The maximum atomic E-state index is 11.7. The van der Waals surface area contributed by atoms with Crippen molar-refractivity contribution in [3.63, 3.8) is 0 Å². The van der Waals surface area contributed by atoms with Gasteiger partial charge in [-0.3, -0.25) is 29.9 Å². The molecule has 1 aromatic carbocycles. The summed E-state index contributed by atoms with van der Waals surface area (Å²) in [5, 5.41) is 5.34. The van der Waals surface area contributed by atoms with Gasteiger partial charge < -0.3 is 9.47 Å². The molecule has 0 radical (unpaired) electrons. The van der Waals surface area contributed by atoms with Crippen molar-refractivity contribution in [3.8, 4) is 5.88 Å². The molecule has 0 saturated carbocycles. The van der Waals surface area contributed by atoms with Crippen molar-refractivity contribution in [2.75, 3.05) is 13.2 Å². The molecule has 0 aliphatic heterocycles. The molecule has 9 nitrogen and oxygen atoms in total. The highest BCUT2D eigenvalue weighted by Crippen LogP contribution is 2.23. The van der Waals surface area contributed by atoms with E-state index in [2.05, 4.69) is 16.0 Å². The van der Waals surface area contributed by atoms with Gasteiger partial charge in [-0.05, 0) is 31.0 Å². The Morgan fingerprint density at radius 2 is 1.93 bits per heavy atom. The van der Waals surface area contributed by atoms with E-state index in [1.54, 1.807) is 35.9 Å². The molecule has 2 aromatic rings. The Morgan fingerprint density at radius 3 is 2.60 bits per heavy atom. The second-order valence-electron chi connectivity index (χ2n) is 6.19. The van der Waals surface area contributed by atoms with Crippen LogP contribution in [0.5, 0.6) is 5.88 Å². The Hall–Kier alpha value is -2.78. The topological polar surface area (TPSA) is 112 Å². The fraction of sp³-hybridized carbons (Fsp3) is 0.368. The molecule has 0 unspecified atom stereocenters. The summed E-state index contributed by atoms with van der Waals surface area (Å²) in [5.74, 6) is -1.09. The molecule has 2 amide bonds. The minimum Gasteiger partial charge on any atom is -0.466 e. The van der Waals surface area contributed by atoms with Crippen molar-refractivity contribution in [1.82, 2.24) is 20.6 Å². The van der Waals surface area contributed by atoms with Crippen molar-refractivity contribution in [3.05, 3.63) is 45.6 Å². The Morgan fingerprint density at radius 1 is 1.17 bits per heavy atom. The highest BCUT2D eigenvalue weighted by atomic mass is 35.5. The predicted octanol–water partition coefficient (Wildman–Crippen LogP) is 2.28. The van der Waals surface area contributed by atoms with E-state index in [1.165, 1.54) is 6.92 Å². The lowest BCUT2D eigenvalue weighted by atomic mass is 10.2. The Labute approximate surface area is 183 Å². The summed E-state index contributed by atoms with van der Waals surface area (Å²) >= 11 is 12.2. The van der Waals surface area contributed by atoms with Crippen molar-refractivity contribution in [1.29, 1.82) is 0 Å². The Balaban J connectivity index is 2.12. The molecular weight excluding hydrogens is 435 g/mol. The van der Waals surface area contributed by atoms with Gasteiger partial charge in [-0.1, -0.05) is 29.3 Å². The second kappa shape index (κ2) is 11.4. The maximum absolute atomic E-state index is 11.7. The zero-order chi connectivity index (χ0) is 22.1. The lowest BCUT2D eigenvalue weighted by Crippen LogP contribution is -2.42. The largest absolute Gasteiger partial charge is 0.466 e. The monoisotopic (exact) mass is 456 g/mol. The van der Waals surface area contributed by atoms with Gasteiger partial charge in [-0.15, -0.1) is 5.10 Å². The number of nitrogens with one attached hydrogen (secondary N) is 2. The summed E-state index contributed by atoms with van der Waals surface area (Å²) in [6.07, 6.45) is 0.523. The van der Waals surface area contributed by atoms with Gasteiger partial charge >= 0.3 is 5.97 Å². The van der Waals surface area contributed by atoms with E-state index in [4.69, 9.17) is 32.7 Å². The standard InChI is InChI=1S/C19H22Cl2N4O5/c1-3-29-19(28)7-6-15-9-18(30-11-17(27)23-22-12(2)26)24-25(15)10-13-4-5-14(20)8-16(13)21/h4-5,8-9H,3,6-7,10-11H2,1-2H3,(H,22,26)(H,23,27). The van der Waals surface area contributed by atoms with Crippen LogP contribution < -0.4 is 15.6 Å². The van der Waals surface area contributed by atoms with E-state index in [-0.39, 0.29) is 24.9 Å². The summed E-state index contributed by atoms with van der Waals surface area (Å²) in [6.45, 7) is 3.27. The van der Waals surface area contributed by atoms with Crippen LogP contribution in [-0.2, 0) is 32.1 Å². The van der Waals surface area contributed by atoms with E-state index in [9.17, 15) is 14.4 Å². The van der Waals surface area contributed by atoms with Gasteiger partial charge in [0.05, 0.1) is 19.6 Å². The molecule has 162 valence electrons. The maximum Gasteiger partial charge on any atom is 0.306 e. The number of hydrogen-bond acceptors (Lipinski definition) is 6. The van der Waals surface area contributed by atoms with E-state index >= 15 is 0 Å². The zero-order valence-corrected chi connectivity index (χ0v) is 18.0. The quantitative estimate of drug-likeness (QED) is 0.442. The van der Waals surface area contributed by atoms with Gasteiger partial charge in [0.2, 0.25) is 11.8 Å². The van der Waals surface area contributed by atoms with Gasteiger partial charge in [0, 0.05) is 28.7 Å². The third-order valence-electron chi connectivity index (χ3n) is 3.80. The number of ether oxygens (including phenoxy) is 2. The van der Waals surface area contributed by atoms with Crippen molar-refractivity contribution in [2.45, 2.75) is 33.2 Å². The smallest absolute Gasteiger partial charge is 0.306 e. The Kier molecular flexibility index (Phi) is 8.94. The number of halogens is 2. The Bertz CT molecular complexity index is 916. The van der Waals surface area contributed by atoms with Gasteiger partial charge in [-0.2, -0.15) is 0 Å². The van der Waals surface area contributed by atoms with Gasteiger partial charge in [0.15, 0.2) is 6.61 Å². The number of hydrazine groups is 1. The van der Waals surface area contributed by atoms with Crippen LogP contribution in [0.3, 0.4) is 0 Å². The molecule has 11 heteroatoms. The number of benzene rings is 1. The molecule has 2 rings (SSSR count). The third kappa shape index (κ3) is 7.57. The summed E-state index contributed by atoms with van der Waals surface area (Å²) in [5.41, 5.74) is 5.83. The number of aryl methyl sites for hydroxylation is 1. The van der Waals surface area contributed by atoms with Crippen molar-refractivity contribution >= 4 is 41.0 Å². The first-order valence-corrected chi connectivity index (χ1v) is 9.88. The van der Waals surface area contributed by atoms with Crippen LogP contribution in [-0.4, -0.2) is 40.8 Å². The lowest BCUT2D eigenvalue weighted by molar-refractivity contribution is -0.143. The number of aromatic nitrogens is 2. The highest BCUT2D eigenvalue weighted by Gasteiger charge is 2.14. The number of esters is 1. The minimum absolute atomic E-state index is 0.163. The average Bonchev–Trinajstić information content (AvgIpc) is 3.07. The number of hydrogen-bond donors (Lipinski definition) is 2. The molecular formula is C19H22Cl2N4O5. The molecule has 0 bridgehead atoms. The summed E-state index contributed by atoms with van der Waals surface area (Å²) in [6, 6.07) is 6.76. The van der Waals surface area contributed by atoms with Crippen molar-refractivity contribution < 1.29 is 23.9 Å². The second-order valence-corrected chi connectivity index (χ2v) is 7.03. The molecule has 0 saturated heterocycles. The third-order valence-corrected chi connectivity index (χ3v) is 4.38. The van der Waals surface area contributed by atoms with Gasteiger partial charge in [0.1, 0.15) is 0 Å². The van der Waals surface area contributed by atoms with E-state index < -0.39 is 11.8 Å². The fourth-order valence-corrected chi connectivity index (χ4v) is 2.91. The van der Waals surface area contributed by atoms with Gasteiger partial charge in [-0.25, -0.2) is 0 Å². The molecule has 1 heterocycles. The fourth-order valence-electron chi connectivity index (χ4n) is 2.45. The molecule has 0 fully saturated rings. The summed E-state index contributed by atoms with van der Waals surface area (Å²) < 4.78 is 12.0. The summed E-state index contributed by atoms with van der Waals surface area (Å²) in [4.78, 5) is 34.2. The number of nitrogens with zero attached hydrogens (tertiary/aromatic N) is 2. The van der Waals surface area contributed by atoms with Crippen LogP contribution in [0.15, 0.2) is 24.3 Å². The predicted molar refractivity (Wildman–Crippen MR) is 110 cm³/mol. The van der Waals surface area contributed by atoms with Crippen molar-refractivity contribution in [2.24, 2.45) is 0 Å². The molecule has 0 aliphatic carbocycles. The van der Waals surface area contributed by atoms with Crippen LogP contribution in [0.2, 0.25) is 10.0 Å². The zero-order valence-electron chi connectivity index (χ0n) is 16.5. The van der Waals surface area contributed by atoms with Crippen LogP contribution in [0.25, 0.3) is 0 Å². The van der Waals surface area contributed by atoms with Crippen LogP contribution >= 0.6 is 23.2 Å². The van der Waals surface area contributed by atoms with Crippen LogP contribution in [0.1, 0.15) is 31.5 Å². The number of rotatable bonds is 9. The van der Waals surface area contributed by atoms with E-state index in [0.717, 1.165) is 5.56 Å². The summed E-state index contributed by atoms with van der Waals surface area (Å²) in [7, 11) is 0. The first kappa shape index (κ1) is 23.5. The number of carbonyl (C=O) groups is 3. The molecule has 0 aliphatic rings. The number of carbonyl (C=O) groups excluding carboxylic acids is 3. The first-order valence-electron chi connectivity index (χ1n) is 9.13. The molecule has 2 N–H and O–H groups in total. The number of amides is 2.